The molecule has 9 aromatic carbocycles. The highest BCUT2D eigenvalue weighted by atomic mass is 15.2. The average molecular weight is 919 g/mol. The van der Waals surface area contributed by atoms with Crippen LogP contribution in [0.3, 0.4) is 0 Å². The smallest absolute Gasteiger partial charge is 0.164 e. The Labute approximate surface area is 415 Å². The summed E-state index contributed by atoms with van der Waals surface area (Å²) in [5.74, 6) is 1.79. The summed E-state index contributed by atoms with van der Waals surface area (Å²) in [6.45, 7) is 13.7. The Balaban J connectivity index is 1.28. The summed E-state index contributed by atoms with van der Waals surface area (Å²) in [4.78, 5) is 18.4. The van der Waals surface area contributed by atoms with Crippen LogP contribution in [-0.2, 0) is 10.8 Å². The van der Waals surface area contributed by atoms with E-state index in [4.69, 9.17) is 15.0 Å². The van der Waals surface area contributed by atoms with Gasteiger partial charge in [0.25, 0.3) is 0 Å². The van der Waals surface area contributed by atoms with Crippen molar-refractivity contribution in [2.24, 2.45) is 0 Å². The molecule has 0 aliphatic heterocycles. The molecule has 344 valence electrons. The third-order valence-electron chi connectivity index (χ3n) is 13.9. The van der Waals surface area contributed by atoms with Crippen LogP contribution in [-0.4, -0.2) is 24.1 Å². The number of fused-ring (bicyclic) bond motifs is 6. The van der Waals surface area contributed by atoms with E-state index in [2.05, 4.69) is 238 Å². The van der Waals surface area contributed by atoms with E-state index >= 15 is 0 Å². The number of anilines is 3. The van der Waals surface area contributed by atoms with Gasteiger partial charge in [0, 0.05) is 49.6 Å². The standard InChI is InChI=1S/C65H54N6/c1-64(2,3)46-33-37-48(38-34-46)69(49-39-35-47(36-40-49)65(4,5)6)60-58(70-54-29-17-13-25-50(54)51-26-14-18-30-55(51)70)41-45(42-59(60)71-56-31-19-15-27-52(56)53-28-16-20-32-57(53)71)63-67-61(43-21-9-7-10-22-43)66-62(68-63)44-23-11-8-12-24-44/h7-42H,1-6H3. The van der Waals surface area contributed by atoms with E-state index in [1.54, 1.807) is 0 Å². The van der Waals surface area contributed by atoms with Crippen LogP contribution in [0, 0.1) is 0 Å². The second kappa shape index (κ2) is 17.1. The molecule has 6 nitrogen and oxygen atoms in total. The van der Waals surface area contributed by atoms with Crippen molar-refractivity contribution in [3.63, 3.8) is 0 Å². The van der Waals surface area contributed by atoms with Gasteiger partial charge in [-0.05, 0) is 82.6 Å². The molecule has 0 saturated carbocycles. The normalized spacial score (nSPS) is 12.1. The van der Waals surface area contributed by atoms with E-state index in [0.717, 1.165) is 67.2 Å². The van der Waals surface area contributed by atoms with Crippen molar-refractivity contribution >= 4 is 60.7 Å². The molecule has 0 N–H and O–H groups in total. The molecule has 0 unspecified atom stereocenters. The Kier molecular flexibility index (Phi) is 10.5. The molecule has 0 amide bonds. The number of hydrogen-bond donors (Lipinski definition) is 0. The molecule has 12 aromatic rings. The zero-order valence-electron chi connectivity index (χ0n) is 41.0. The van der Waals surface area contributed by atoms with E-state index in [1.807, 2.05) is 36.4 Å². The van der Waals surface area contributed by atoms with Crippen molar-refractivity contribution in [1.29, 1.82) is 0 Å². The predicted octanol–water partition coefficient (Wildman–Crippen LogP) is 17.1. The second-order valence-electron chi connectivity index (χ2n) is 20.6. The number of benzene rings is 9. The molecule has 6 heteroatoms. The van der Waals surface area contributed by atoms with Crippen LogP contribution in [0.1, 0.15) is 52.7 Å². The van der Waals surface area contributed by atoms with Gasteiger partial charge >= 0.3 is 0 Å². The average Bonchev–Trinajstić information content (AvgIpc) is 3.92. The molecular formula is C65H54N6. The van der Waals surface area contributed by atoms with Gasteiger partial charge in [-0.2, -0.15) is 0 Å². The van der Waals surface area contributed by atoms with Gasteiger partial charge in [-0.1, -0.05) is 199 Å². The lowest BCUT2D eigenvalue weighted by atomic mass is 9.86. The summed E-state index contributed by atoms with van der Waals surface area (Å²) < 4.78 is 4.91. The first-order valence-electron chi connectivity index (χ1n) is 24.5. The van der Waals surface area contributed by atoms with Crippen LogP contribution in [0.4, 0.5) is 17.1 Å². The van der Waals surface area contributed by atoms with E-state index in [-0.39, 0.29) is 10.8 Å². The molecule has 0 spiro atoms. The Hall–Kier alpha value is -8.61. The first-order chi connectivity index (χ1) is 34.5. The molecule has 0 radical (unpaired) electrons. The number of para-hydroxylation sites is 4. The van der Waals surface area contributed by atoms with Crippen LogP contribution in [0.5, 0.6) is 0 Å². The Morgan fingerprint density at radius 2 is 0.620 bits per heavy atom. The van der Waals surface area contributed by atoms with E-state index in [1.165, 1.54) is 32.7 Å². The third-order valence-corrected chi connectivity index (χ3v) is 13.9. The summed E-state index contributed by atoms with van der Waals surface area (Å²) in [5, 5.41) is 4.69. The summed E-state index contributed by atoms with van der Waals surface area (Å²) in [6, 6.07) is 78.5. The molecule has 71 heavy (non-hydrogen) atoms. The molecule has 3 aromatic heterocycles. The molecule has 0 aliphatic rings. The van der Waals surface area contributed by atoms with Crippen molar-refractivity contribution in [3.8, 4) is 45.5 Å². The van der Waals surface area contributed by atoms with Crippen LogP contribution in [0.2, 0.25) is 0 Å². The predicted molar refractivity (Wildman–Crippen MR) is 297 cm³/mol. The topological polar surface area (TPSA) is 51.8 Å². The SMILES string of the molecule is CC(C)(C)c1ccc(N(c2ccc(C(C)(C)C)cc2)c2c(-n3c4ccccc4c4ccccc43)cc(-c3nc(-c4ccccc4)nc(-c4ccccc4)n3)cc2-n2c3ccccc3c3ccccc32)cc1. The summed E-state index contributed by atoms with van der Waals surface area (Å²) in [5.41, 5.74) is 14.5. The lowest BCUT2D eigenvalue weighted by Gasteiger charge is -2.32. The number of aromatic nitrogens is 5. The van der Waals surface area contributed by atoms with Crippen molar-refractivity contribution in [1.82, 2.24) is 24.1 Å². The monoisotopic (exact) mass is 918 g/mol. The molecule has 0 saturated heterocycles. The lowest BCUT2D eigenvalue weighted by molar-refractivity contribution is 0.590. The van der Waals surface area contributed by atoms with Crippen molar-refractivity contribution < 1.29 is 0 Å². The van der Waals surface area contributed by atoms with Crippen molar-refractivity contribution in [3.05, 3.63) is 230 Å². The van der Waals surface area contributed by atoms with Crippen LogP contribution >= 0.6 is 0 Å². The fraction of sp³-hybridized carbons (Fsp3) is 0.123. The second-order valence-corrected chi connectivity index (χ2v) is 20.6. The van der Waals surface area contributed by atoms with Crippen molar-refractivity contribution in [2.45, 2.75) is 52.4 Å². The largest absolute Gasteiger partial charge is 0.307 e. The van der Waals surface area contributed by atoms with Gasteiger partial charge < -0.3 is 14.0 Å². The highest BCUT2D eigenvalue weighted by Crippen LogP contribution is 2.49. The molecule has 0 bridgehead atoms. The summed E-state index contributed by atoms with van der Waals surface area (Å²) in [6.07, 6.45) is 0. The minimum atomic E-state index is -0.0383. The Bertz CT molecular complexity index is 3570. The molecule has 3 heterocycles. The number of hydrogen-bond acceptors (Lipinski definition) is 4. The maximum absolute atomic E-state index is 5.40. The first-order valence-corrected chi connectivity index (χ1v) is 24.5. The highest BCUT2D eigenvalue weighted by molar-refractivity contribution is 6.12. The van der Waals surface area contributed by atoms with Gasteiger partial charge in [-0.3, -0.25) is 0 Å². The highest BCUT2D eigenvalue weighted by Gasteiger charge is 2.29. The van der Waals surface area contributed by atoms with Gasteiger partial charge in [0.2, 0.25) is 0 Å². The zero-order chi connectivity index (χ0) is 48.4. The molecule has 0 fully saturated rings. The molecule has 0 atom stereocenters. The van der Waals surface area contributed by atoms with Gasteiger partial charge in [-0.15, -0.1) is 0 Å². The van der Waals surface area contributed by atoms with E-state index in [0.29, 0.717) is 17.5 Å². The Morgan fingerprint density at radius 1 is 0.324 bits per heavy atom. The maximum Gasteiger partial charge on any atom is 0.164 e. The Morgan fingerprint density at radius 3 is 0.944 bits per heavy atom. The first kappa shape index (κ1) is 43.7. The van der Waals surface area contributed by atoms with Gasteiger partial charge in [0.05, 0.1) is 39.1 Å². The van der Waals surface area contributed by atoms with E-state index in [9.17, 15) is 0 Å². The fourth-order valence-electron chi connectivity index (χ4n) is 10.2. The van der Waals surface area contributed by atoms with Crippen molar-refractivity contribution in [2.75, 3.05) is 4.90 Å². The minimum absolute atomic E-state index is 0.0383. The fourth-order valence-corrected chi connectivity index (χ4v) is 10.2. The summed E-state index contributed by atoms with van der Waals surface area (Å²) >= 11 is 0. The maximum atomic E-state index is 5.40. The molecular weight excluding hydrogens is 865 g/mol. The minimum Gasteiger partial charge on any atom is -0.307 e. The quantitative estimate of drug-likeness (QED) is 0.152. The van der Waals surface area contributed by atoms with Crippen LogP contribution in [0.15, 0.2) is 218 Å². The van der Waals surface area contributed by atoms with Gasteiger partial charge in [-0.25, -0.2) is 15.0 Å². The number of nitrogens with zero attached hydrogens (tertiary/aromatic N) is 6. The third kappa shape index (κ3) is 7.73. The number of rotatable bonds is 8. The van der Waals surface area contributed by atoms with Gasteiger partial charge in [0.15, 0.2) is 17.5 Å². The molecule has 0 aliphatic carbocycles. The molecule has 12 rings (SSSR count). The van der Waals surface area contributed by atoms with Gasteiger partial charge in [0.1, 0.15) is 0 Å². The van der Waals surface area contributed by atoms with Crippen LogP contribution < -0.4 is 4.90 Å². The zero-order valence-corrected chi connectivity index (χ0v) is 41.0. The van der Waals surface area contributed by atoms with Crippen LogP contribution in [0.25, 0.3) is 89.2 Å². The van der Waals surface area contributed by atoms with E-state index < -0.39 is 0 Å². The summed E-state index contributed by atoms with van der Waals surface area (Å²) in [7, 11) is 0. The lowest BCUT2D eigenvalue weighted by Crippen LogP contribution is -2.18.